The summed E-state index contributed by atoms with van der Waals surface area (Å²) in [5.41, 5.74) is 7.08. The number of nitrogens with zero attached hydrogens (tertiary/aromatic N) is 4. The van der Waals surface area contributed by atoms with Crippen molar-refractivity contribution in [3.63, 3.8) is 0 Å². The van der Waals surface area contributed by atoms with Crippen LogP contribution in [0.25, 0.3) is 22.5 Å². The highest BCUT2D eigenvalue weighted by Gasteiger charge is 2.13. The summed E-state index contributed by atoms with van der Waals surface area (Å²) < 4.78 is 5.33. The van der Waals surface area contributed by atoms with E-state index in [0.717, 1.165) is 33.8 Å². The Kier molecular flexibility index (Phi) is 5.53. The average molecular weight is 381 g/mol. The lowest BCUT2D eigenvalue weighted by atomic mass is 10.0. The Bertz CT molecular complexity index is 1110. The van der Waals surface area contributed by atoms with E-state index < -0.39 is 0 Å². The van der Waals surface area contributed by atoms with Gasteiger partial charge in [0, 0.05) is 16.7 Å². The number of ether oxygens (including phenoxy) is 1. The fraction of sp³-hybridized carbons (Fsp3) is 0.0435. The van der Waals surface area contributed by atoms with Crippen LogP contribution in [0.3, 0.4) is 0 Å². The van der Waals surface area contributed by atoms with Crippen LogP contribution in [0.15, 0.2) is 90.0 Å². The molecule has 0 radical (unpaired) electrons. The van der Waals surface area contributed by atoms with E-state index in [1.165, 1.54) is 0 Å². The van der Waals surface area contributed by atoms with Crippen LogP contribution in [0.4, 0.5) is 5.95 Å². The topological polar surface area (TPSA) is 72.3 Å². The van der Waals surface area contributed by atoms with Gasteiger partial charge in [-0.15, -0.1) is 10.2 Å². The first-order chi connectivity index (χ1) is 14.3. The largest absolute Gasteiger partial charge is 0.496 e. The van der Waals surface area contributed by atoms with E-state index in [-0.39, 0.29) is 0 Å². The minimum absolute atomic E-state index is 0.315. The van der Waals surface area contributed by atoms with Crippen LogP contribution in [0.2, 0.25) is 0 Å². The normalized spacial score (nSPS) is 10.8. The molecule has 6 heteroatoms. The summed E-state index contributed by atoms with van der Waals surface area (Å²) in [5.74, 6) is 1.05. The molecule has 0 unspecified atom stereocenters. The Hall–Kier alpha value is -4.06. The van der Waals surface area contributed by atoms with Gasteiger partial charge in [-0.2, -0.15) is 5.10 Å². The lowest BCUT2D eigenvalue weighted by Crippen LogP contribution is -2.03. The number of anilines is 1. The maximum Gasteiger partial charge on any atom is 0.263 e. The maximum absolute atomic E-state index is 5.33. The van der Waals surface area contributed by atoms with Gasteiger partial charge in [-0.05, 0) is 12.1 Å². The molecular weight excluding hydrogens is 362 g/mol. The van der Waals surface area contributed by atoms with Crippen molar-refractivity contribution >= 4 is 12.2 Å². The smallest absolute Gasteiger partial charge is 0.263 e. The molecule has 0 fully saturated rings. The molecule has 4 aromatic rings. The number of hydrogen-bond acceptors (Lipinski definition) is 6. The van der Waals surface area contributed by atoms with E-state index in [0.29, 0.717) is 5.95 Å². The van der Waals surface area contributed by atoms with Crippen molar-refractivity contribution < 1.29 is 4.74 Å². The fourth-order valence-electron chi connectivity index (χ4n) is 2.89. The lowest BCUT2D eigenvalue weighted by molar-refractivity contribution is 0.414. The molecule has 29 heavy (non-hydrogen) atoms. The molecule has 0 saturated carbocycles. The summed E-state index contributed by atoms with van der Waals surface area (Å²) in [5, 5.41) is 12.8. The predicted octanol–water partition coefficient (Wildman–Crippen LogP) is 4.66. The van der Waals surface area contributed by atoms with Crippen LogP contribution in [0, 0.1) is 0 Å². The zero-order valence-electron chi connectivity index (χ0n) is 15.9. The van der Waals surface area contributed by atoms with Gasteiger partial charge in [0.25, 0.3) is 5.95 Å². The molecule has 4 rings (SSSR count). The quantitative estimate of drug-likeness (QED) is 0.388. The molecule has 0 spiro atoms. The van der Waals surface area contributed by atoms with Gasteiger partial charge in [-0.3, -0.25) is 0 Å². The van der Waals surface area contributed by atoms with Crippen molar-refractivity contribution in [3.05, 3.63) is 90.5 Å². The highest BCUT2D eigenvalue weighted by molar-refractivity contribution is 5.84. The predicted molar refractivity (Wildman–Crippen MR) is 115 cm³/mol. The highest BCUT2D eigenvalue weighted by atomic mass is 16.5. The second-order valence-electron chi connectivity index (χ2n) is 6.18. The zero-order valence-corrected chi connectivity index (χ0v) is 15.9. The second-order valence-corrected chi connectivity index (χ2v) is 6.18. The minimum Gasteiger partial charge on any atom is -0.496 e. The number of hydrogen-bond donors (Lipinski definition) is 1. The fourth-order valence-corrected chi connectivity index (χ4v) is 2.89. The Morgan fingerprint density at radius 1 is 0.759 bits per heavy atom. The monoisotopic (exact) mass is 381 g/mol. The summed E-state index contributed by atoms with van der Waals surface area (Å²) in [6.45, 7) is 0. The number of benzene rings is 3. The number of hydrazone groups is 1. The Balaban J connectivity index is 1.66. The molecule has 142 valence electrons. The molecule has 0 saturated heterocycles. The molecule has 0 atom stereocenters. The van der Waals surface area contributed by atoms with Crippen molar-refractivity contribution in [2.75, 3.05) is 12.5 Å². The molecule has 1 heterocycles. The van der Waals surface area contributed by atoms with E-state index in [1.54, 1.807) is 13.3 Å². The second kappa shape index (κ2) is 8.75. The summed E-state index contributed by atoms with van der Waals surface area (Å²) in [6, 6.07) is 27.4. The van der Waals surface area contributed by atoms with E-state index in [9.17, 15) is 0 Å². The molecule has 0 aliphatic heterocycles. The SMILES string of the molecule is COc1ccccc1C=NNc1nnc(-c2ccccc2)c(-c2ccccc2)n1. The number of para-hydroxylation sites is 1. The van der Waals surface area contributed by atoms with Gasteiger partial charge in [-0.25, -0.2) is 10.4 Å². The molecule has 1 N–H and O–H groups in total. The number of rotatable bonds is 6. The number of methoxy groups -OCH3 is 1. The van der Waals surface area contributed by atoms with Gasteiger partial charge in [-0.1, -0.05) is 72.8 Å². The Labute approximate surface area is 168 Å². The number of nitrogens with one attached hydrogen (secondary N) is 1. The first-order valence-corrected chi connectivity index (χ1v) is 9.13. The molecular formula is C23H19N5O. The molecule has 1 aromatic heterocycles. The van der Waals surface area contributed by atoms with Crippen molar-refractivity contribution in [1.82, 2.24) is 15.2 Å². The lowest BCUT2D eigenvalue weighted by Gasteiger charge is -2.09. The third kappa shape index (κ3) is 4.27. The van der Waals surface area contributed by atoms with Crippen LogP contribution < -0.4 is 10.2 Å². The van der Waals surface area contributed by atoms with Crippen LogP contribution in [0.1, 0.15) is 5.56 Å². The van der Waals surface area contributed by atoms with Gasteiger partial charge >= 0.3 is 0 Å². The van der Waals surface area contributed by atoms with Crippen molar-refractivity contribution in [2.24, 2.45) is 5.10 Å². The summed E-state index contributed by atoms with van der Waals surface area (Å²) in [6.07, 6.45) is 1.66. The molecule has 0 amide bonds. The highest BCUT2D eigenvalue weighted by Crippen LogP contribution is 2.28. The minimum atomic E-state index is 0.315. The van der Waals surface area contributed by atoms with Gasteiger partial charge in [0.15, 0.2) is 0 Å². The maximum atomic E-state index is 5.33. The van der Waals surface area contributed by atoms with Gasteiger partial charge in [0.1, 0.15) is 17.1 Å². The van der Waals surface area contributed by atoms with Crippen molar-refractivity contribution in [1.29, 1.82) is 0 Å². The van der Waals surface area contributed by atoms with Gasteiger partial charge in [0.2, 0.25) is 0 Å². The molecule has 3 aromatic carbocycles. The van der Waals surface area contributed by atoms with Crippen LogP contribution in [0.5, 0.6) is 5.75 Å². The number of aromatic nitrogens is 3. The Morgan fingerprint density at radius 3 is 2.07 bits per heavy atom. The Morgan fingerprint density at radius 2 is 1.38 bits per heavy atom. The summed E-state index contributed by atoms with van der Waals surface area (Å²) >= 11 is 0. The van der Waals surface area contributed by atoms with Gasteiger partial charge < -0.3 is 4.74 Å². The van der Waals surface area contributed by atoms with Crippen LogP contribution >= 0.6 is 0 Å². The van der Waals surface area contributed by atoms with E-state index in [1.807, 2.05) is 84.9 Å². The van der Waals surface area contributed by atoms with Crippen LogP contribution in [-0.2, 0) is 0 Å². The molecule has 6 nitrogen and oxygen atoms in total. The van der Waals surface area contributed by atoms with Crippen LogP contribution in [-0.4, -0.2) is 28.5 Å². The van der Waals surface area contributed by atoms with Crippen molar-refractivity contribution in [3.8, 4) is 28.3 Å². The average Bonchev–Trinajstić information content (AvgIpc) is 2.80. The van der Waals surface area contributed by atoms with Crippen molar-refractivity contribution in [2.45, 2.75) is 0 Å². The van der Waals surface area contributed by atoms with Gasteiger partial charge in [0.05, 0.1) is 13.3 Å². The molecule has 0 bridgehead atoms. The first kappa shape index (κ1) is 18.3. The van der Waals surface area contributed by atoms with E-state index >= 15 is 0 Å². The third-order valence-corrected chi connectivity index (χ3v) is 4.29. The summed E-state index contributed by atoms with van der Waals surface area (Å²) in [4.78, 5) is 4.66. The van der Waals surface area contributed by atoms with E-state index in [4.69, 9.17) is 4.74 Å². The first-order valence-electron chi connectivity index (χ1n) is 9.13. The molecule has 0 aliphatic rings. The third-order valence-electron chi connectivity index (χ3n) is 4.29. The zero-order chi connectivity index (χ0) is 19.9. The molecule has 0 aliphatic carbocycles. The van der Waals surface area contributed by atoms with E-state index in [2.05, 4.69) is 25.7 Å². The standard InChI is InChI=1S/C23H19N5O/c1-29-20-15-9-8-14-19(20)16-24-27-23-25-21(17-10-4-2-5-11-17)22(26-28-23)18-12-6-3-7-13-18/h2-16H,1H3,(H,25,27,28). The summed E-state index contributed by atoms with van der Waals surface area (Å²) in [7, 11) is 1.63.